The Bertz CT molecular complexity index is 397. The number of halogens is 2. The molecule has 3 aliphatic carbocycles. The fourth-order valence-corrected chi connectivity index (χ4v) is 5.00. The van der Waals surface area contributed by atoms with Gasteiger partial charge >= 0.3 is 0 Å². The molecular weight excluding hydrogens is 333 g/mol. The van der Waals surface area contributed by atoms with Crippen molar-refractivity contribution in [3.05, 3.63) is 0 Å². The van der Waals surface area contributed by atoms with Gasteiger partial charge in [0, 0.05) is 44.2 Å². The highest BCUT2D eigenvalue weighted by molar-refractivity contribution is 5.85. The van der Waals surface area contributed by atoms with Gasteiger partial charge in [-0.05, 0) is 50.4 Å². The minimum absolute atomic E-state index is 0. The van der Waals surface area contributed by atoms with Gasteiger partial charge in [-0.3, -0.25) is 9.69 Å². The first-order chi connectivity index (χ1) is 10.2. The topological polar surface area (TPSA) is 49.6 Å². The number of carbonyl (C=O) groups excluding carboxylic acids is 1. The molecule has 1 heterocycles. The molecule has 2 atom stereocenters. The second-order valence-electron chi connectivity index (χ2n) is 7.79. The fourth-order valence-electron chi connectivity index (χ4n) is 5.00. The van der Waals surface area contributed by atoms with E-state index in [1.807, 2.05) is 0 Å². The van der Waals surface area contributed by atoms with E-state index in [4.69, 9.17) is 5.73 Å². The molecule has 3 saturated carbocycles. The zero-order chi connectivity index (χ0) is 14.4. The summed E-state index contributed by atoms with van der Waals surface area (Å²) in [6.07, 6.45) is 8.67. The molecule has 0 aromatic carbocycles. The molecule has 4 fully saturated rings. The third-order valence-corrected chi connectivity index (χ3v) is 6.45. The van der Waals surface area contributed by atoms with Gasteiger partial charge in [-0.25, -0.2) is 0 Å². The van der Waals surface area contributed by atoms with Gasteiger partial charge in [0.1, 0.15) is 0 Å². The van der Waals surface area contributed by atoms with Crippen LogP contribution < -0.4 is 5.73 Å². The lowest BCUT2D eigenvalue weighted by Crippen LogP contribution is -2.54. The van der Waals surface area contributed by atoms with Crippen LogP contribution in [0.2, 0.25) is 0 Å². The van der Waals surface area contributed by atoms with Crippen LogP contribution in [0.15, 0.2) is 0 Å². The van der Waals surface area contributed by atoms with Gasteiger partial charge in [0.05, 0.1) is 0 Å². The predicted octanol–water partition coefficient (Wildman–Crippen LogP) is 2.29. The molecule has 2 unspecified atom stereocenters. The minimum Gasteiger partial charge on any atom is -0.340 e. The first-order valence-electron chi connectivity index (χ1n) is 9.01. The third-order valence-electron chi connectivity index (χ3n) is 6.45. The summed E-state index contributed by atoms with van der Waals surface area (Å²) >= 11 is 0. The van der Waals surface area contributed by atoms with E-state index in [9.17, 15) is 4.79 Å². The highest BCUT2D eigenvalue weighted by Crippen LogP contribution is 2.42. The number of hydrogen-bond acceptors (Lipinski definition) is 3. The lowest BCUT2D eigenvalue weighted by molar-refractivity contribution is -0.140. The molecule has 6 heteroatoms. The highest BCUT2D eigenvalue weighted by Gasteiger charge is 2.42. The number of piperazine rings is 1. The van der Waals surface area contributed by atoms with E-state index in [1.165, 1.54) is 32.1 Å². The number of fused-ring (bicyclic) bond motifs is 2. The molecule has 2 N–H and O–H groups in total. The summed E-state index contributed by atoms with van der Waals surface area (Å²) in [6.45, 7) is 4.09. The minimum atomic E-state index is 0. The number of nitrogens with two attached hydrogens (primary N) is 1. The van der Waals surface area contributed by atoms with Crippen molar-refractivity contribution in [2.75, 3.05) is 26.2 Å². The van der Waals surface area contributed by atoms with Crippen LogP contribution in [0.4, 0.5) is 0 Å². The van der Waals surface area contributed by atoms with E-state index in [-0.39, 0.29) is 30.7 Å². The van der Waals surface area contributed by atoms with Gasteiger partial charge < -0.3 is 10.6 Å². The number of rotatable bonds is 2. The zero-order valence-corrected chi connectivity index (χ0v) is 15.5. The molecular formula is C17H31Cl2N3O. The summed E-state index contributed by atoms with van der Waals surface area (Å²) in [7, 11) is 0. The van der Waals surface area contributed by atoms with Gasteiger partial charge in [-0.2, -0.15) is 0 Å². The maximum atomic E-state index is 12.8. The number of amides is 1. The summed E-state index contributed by atoms with van der Waals surface area (Å²) in [5, 5.41) is 0. The van der Waals surface area contributed by atoms with Crippen molar-refractivity contribution in [3.8, 4) is 0 Å². The Hall–Kier alpha value is -0.0300. The maximum Gasteiger partial charge on any atom is 0.225 e. The largest absolute Gasteiger partial charge is 0.340 e. The van der Waals surface area contributed by atoms with Crippen LogP contribution in [-0.2, 0) is 4.79 Å². The molecule has 4 nitrogen and oxygen atoms in total. The molecule has 4 aliphatic rings. The van der Waals surface area contributed by atoms with Crippen molar-refractivity contribution in [1.29, 1.82) is 0 Å². The molecule has 0 radical (unpaired) electrons. The normalized spacial score (nSPS) is 37.5. The molecule has 1 aliphatic heterocycles. The van der Waals surface area contributed by atoms with Crippen LogP contribution in [0.3, 0.4) is 0 Å². The molecule has 0 aromatic rings. The van der Waals surface area contributed by atoms with Crippen molar-refractivity contribution in [3.63, 3.8) is 0 Å². The lowest BCUT2D eigenvalue weighted by atomic mass is 9.65. The van der Waals surface area contributed by atoms with Crippen LogP contribution in [0.25, 0.3) is 0 Å². The molecule has 23 heavy (non-hydrogen) atoms. The van der Waals surface area contributed by atoms with Gasteiger partial charge in [-0.15, -0.1) is 24.8 Å². The maximum absolute atomic E-state index is 12.8. The quantitative estimate of drug-likeness (QED) is 0.818. The molecule has 4 rings (SSSR count). The molecule has 0 spiro atoms. The summed E-state index contributed by atoms with van der Waals surface area (Å²) in [4.78, 5) is 17.6. The second-order valence-corrected chi connectivity index (χ2v) is 7.79. The van der Waals surface area contributed by atoms with Crippen molar-refractivity contribution in [1.82, 2.24) is 9.80 Å². The summed E-state index contributed by atoms with van der Waals surface area (Å²) in [5.41, 5.74) is 6.35. The van der Waals surface area contributed by atoms with E-state index >= 15 is 0 Å². The van der Waals surface area contributed by atoms with E-state index < -0.39 is 0 Å². The average Bonchev–Trinajstić information content (AvgIpc) is 3.31. The van der Waals surface area contributed by atoms with Gasteiger partial charge in [-0.1, -0.05) is 6.42 Å². The Balaban J connectivity index is 0.000000960. The first-order valence-corrected chi connectivity index (χ1v) is 9.01. The van der Waals surface area contributed by atoms with Crippen molar-refractivity contribution < 1.29 is 4.79 Å². The standard InChI is InChI=1S/C17H29N3O.2ClH/c18-16-12-2-1-3-13(16)11-14(10-12)17(21)20-8-6-19(7-9-20)15-4-5-15;;/h12-16H,1-11,18H2;2*1H. The van der Waals surface area contributed by atoms with Crippen molar-refractivity contribution in [2.24, 2.45) is 23.5 Å². The Kier molecular flexibility index (Phi) is 6.63. The van der Waals surface area contributed by atoms with Gasteiger partial charge in [0.15, 0.2) is 0 Å². The van der Waals surface area contributed by atoms with Crippen LogP contribution in [0, 0.1) is 17.8 Å². The summed E-state index contributed by atoms with van der Waals surface area (Å²) in [5.74, 6) is 1.93. The summed E-state index contributed by atoms with van der Waals surface area (Å²) in [6, 6.07) is 1.21. The van der Waals surface area contributed by atoms with E-state index in [1.54, 1.807) is 0 Å². The molecule has 134 valence electrons. The first kappa shape index (κ1) is 19.3. The van der Waals surface area contributed by atoms with Crippen LogP contribution in [-0.4, -0.2) is 54.0 Å². The smallest absolute Gasteiger partial charge is 0.225 e. The second kappa shape index (κ2) is 7.90. The van der Waals surface area contributed by atoms with E-state index in [0.717, 1.165) is 45.1 Å². The van der Waals surface area contributed by atoms with Crippen LogP contribution >= 0.6 is 24.8 Å². The SMILES string of the molecule is Cl.Cl.NC1C2CCCC1CC(C(=O)N1CCN(C3CC3)CC1)C2. The number of hydrogen-bond donors (Lipinski definition) is 1. The van der Waals surface area contributed by atoms with Crippen molar-refractivity contribution in [2.45, 2.75) is 57.0 Å². The summed E-state index contributed by atoms with van der Waals surface area (Å²) < 4.78 is 0. The predicted molar refractivity (Wildman–Crippen MR) is 97.2 cm³/mol. The Morgan fingerprint density at radius 2 is 1.43 bits per heavy atom. The molecule has 0 aromatic heterocycles. The zero-order valence-electron chi connectivity index (χ0n) is 13.9. The van der Waals surface area contributed by atoms with Crippen LogP contribution in [0.1, 0.15) is 44.9 Å². The van der Waals surface area contributed by atoms with Crippen molar-refractivity contribution >= 4 is 30.7 Å². The molecule has 1 amide bonds. The Morgan fingerprint density at radius 3 is 1.96 bits per heavy atom. The Labute approximate surface area is 152 Å². The number of carbonyl (C=O) groups is 1. The lowest BCUT2D eigenvalue weighted by Gasteiger charge is -2.45. The Morgan fingerprint density at radius 1 is 0.870 bits per heavy atom. The highest BCUT2D eigenvalue weighted by atomic mass is 35.5. The van der Waals surface area contributed by atoms with E-state index in [0.29, 0.717) is 23.8 Å². The average molecular weight is 364 g/mol. The third kappa shape index (κ3) is 3.97. The number of nitrogens with zero attached hydrogens (tertiary/aromatic N) is 2. The molecule has 2 bridgehead atoms. The van der Waals surface area contributed by atoms with Gasteiger partial charge in [0.2, 0.25) is 5.91 Å². The monoisotopic (exact) mass is 363 g/mol. The van der Waals surface area contributed by atoms with E-state index in [2.05, 4.69) is 9.80 Å². The molecule has 1 saturated heterocycles. The van der Waals surface area contributed by atoms with Gasteiger partial charge in [0.25, 0.3) is 0 Å². The van der Waals surface area contributed by atoms with Crippen LogP contribution in [0.5, 0.6) is 0 Å². The fraction of sp³-hybridized carbons (Fsp3) is 0.941.